The van der Waals surface area contributed by atoms with Gasteiger partial charge < -0.3 is 4.98 Å². The van der Waals surface area contributed by atoms with Crippen LogP contribution >= 0.6 is 45.2 Å². The first-order chi connectivity index (χ1) is 7.16. The first kappa shape index (κ1) is 10.1. The summed E-state index contributed by atoms with van der Waals surface area (Å²) in [4.78, 5) is 3.51. The van der Waals surface area contributed by atoms with Crippen LogP contribution in [0.15, 0.2) is 30.3 Å². The third kappa shape index (κ3) is 1.73. The molecule has 76 valence electrons. The highest BCUT2D eigenvalue weighted by Crippen LogP contribution is 2.40. The molecule has 1 heterocycles. The molecule has 0 saturated heterocycles. The number of fused-ring (bicyclic) bond motifs is 3. The molecule has 0 radical (unpaired) electrons. The van der Waals surface area contributed by atoms with E-state index in [1.165, 1.54) is 22.2 Å². The van der Waals surface area contributed by atoms with E-state index >= 15 is 0 Å². The van der Waals surface area contributed by atoms with Crippen molar-refractivity contribution in [2.45, 2.75) is 7.85 Å². The molecule has 0 aliphatic heterocycles. The van der Waals surface area contributed by atoms with E-state index in [2.05, 4.69) is 86.6 Å². The minimum Gasteiger partial charge on any atom is -0.358 e. The van der Waals surface area contributed by atoms with Crippen LogP contribution in [0, 0.1) is 0 Å². The molecule has 3 rings (SSSR count). The Morgan fingerprint density at radius 1 is 1.20 bits per heavy atom. The van der Waals surface area contributed by atoms with Gasteiger partial charge in [0, 0.05) is 28.6 Å². The van der Waals surface area contributed by atoms with Gasteiger partial charge in [-0.05, 0) is 6.07 Å². The van der Waals surface area contributed by atoms with E-state index in [1.807, 2.05) is 0 Å². The highest BCUT2D eigenvalue weighted by Gasteiger charge is 2.26. The highest BCUT2D eigenvalue weighted by molar-refractivity contribution is 14.2. The fourth-order valence-electron chi connectivity index (χ4n) is 2.05. The molecule has 1 aliphatic rings. The summed E-state index contributed by atoms with van der Waals surface area (Å²) in [5, 5.41) is 1.34. The molecule has 0 bridgehead atoms. The number of halogens is 2. The predicted octanol–water partition coefficient (Wildman–Crippen LogP) is 4.30. The molecule has 2 aromatic rings. The van der Waals surface area contributed by atoms with Gasteiger partial charge in [0.2, 0.25) is 0 Å². The molecule has 1 aromatic carbocycles. The van der Waals surface area contributed by atoms with Gasteiger partial charge in [0.1, 0.15) is 0 Å². The van der Waals surface area contributed by atoms with Gasteiger partial charge in [0.25, 0.3) is 0 Å². The quantitative estimate of drug-likeness (QED) is 0.483. The Morgan fingerprint density at radius 2 is 2.00 bits per heavy atom. The number of benzene rings is 1. The van der Waals surface area contributed by atoms with Crippen molar-refractivity contribution in [3.05, 3.63) is 41.6 Å². The summed E-state index contributed by atoms with van der Waals surface area (Å²) in [5.41, 5.74) is 3.98. The summed E-state index contributed by atoms with van der Waals surface area (Å²) in [5.74, 6) is 0. The highest BCUT2D eigenvalue weighted by atomic mass is 127. The largest absolute Gasteiger partial charge is 0.358 e. The topological polar surface area (TPSA) is 15.8 Å². The molecule has 0 saturated carbocycles. The first-order valence-corrected chi connectivity index (χ1v) is 6.98. The molecular formula is C12H9I2N. The van der Waals surface area contributed by atoms with Crippen molar-refractivity contribution in [1.29, 1.82) is 0 Å². The molecular weight excluding hydrogens is 412 g/mol. The number of para-hydroxylation sites is 1. The smallest absolute Gasteiger partial charge is 0.0970 e. The molecule has 0 fully saturated rings. The van der Waals surface area contributed by atoms with Crippen LogP contribution < -0.4 is 0 Å². The van der Waals surface area contributed by atoms with E-state index < -0.39 is 0 Å². The van der Waals surface area contributed by atoms with Crippen LogP contribution in [-0.4, -0.2) is 6.41 Å². The van der Waals surface area contributed by atoms with Crippen molar-refractivity contribution in [3.8, 4) is 0 Å². The van der Waals surface area contributed by atoms with E-state index in [-0.39, 0.29) is 1.43 Å². The van der Waals surface area contributed by atoms with Crippen LogP contribution in [0.1, 0.15) is 11.3 Å². The first-order valence-electron chi connectivity index (χ1n) is 4.82. The number of allylic oxidation sites excluding steroid dienone is 1. The summed E-state index contributed by atoms with van der Waals surface area (Å²) in [6, 6.07) is 8.50. The summed E-state index contributed by atoms with van der Waals surface area (Å²) in [7, 11) is 0. The minimum atomic E-state index is 0.226. The number of aromatic nitrogens is 1. The van der Waals surface area contributed by atoms with Gasteiger partial charge in [-0.25, -0.2) is 0 Å². The van der Waals surface area contributed by atoms with Crippen LogP contribution in [0.4, 0.5) is 0 Å². The number of aromatic amines is 1. The Morgan fingerprint density at radius 3 is 2.87 bits per heavy atom. The monoisotopic (exact) mass is 421 g/mol. The molecule has 3 heteroatoms. The SMILES string of the molecule is IC1(I)C=Cc2c([nH]c3ccccc23)C1. The van der Waals surface area contributed by atoms with Gasteiger partial charge in [0.15, 0.2) is 0 Å². The van der Waals surface area contributed by atoms with E-state index in [1.54, 1.807) is 0 Å². The lowest BCUT2D eigenvalue weighted by Gasteiger charge is -2.19. The predicted molar refractivity (Wildman–Crippen MR) is 81.8 cm³/mol. The Labute approximate surface area is 116 Å². The fourth-order valence-corrected chi connectivity index (χ4v) is 3.17. The van der Waals surface area contributed by atoms with Gasteiger partial charge in [-0.2, -0.15) is 0 Å². The molecule has 1 aromatic heterocycles. The van der Waals surface area contributed by atoms with Crippen molar-refractivity contribution in [3.63, 3.8) is 0 Å². The summed E-state index contributed by atoms with van der Waals surface area (Å²) in [6.07, 6.45) is 5.61. The van der Waals surface area contributed by atoms with Crippen LogP contribution in [0.5, 0.6) is 0 Å². The van der Waals surface area contributed by atoms with E-state index in [0.717, 1.165) is 6.42 Å². The van der Waals surface area contributed by atoms with Gasteiger partial charge in [-0.15, -0.1) is 0 Å². The second-order valence-corrected chi connectivity index (χ2v) is 9.75. The summed E-state index contributed by atoms with van der Waals surface area (Å²) in [6.45, 7) is 0. The Kier molecular flexibility index (Phi) is 2.35. The summed E-state index contributed by atoms with van der Waals surface area (Å²) < 4.78 is 0.226. The van der Waals surface area contributed by atoms with Crippen LogP contribution in [0.2, 0.25) is 0 Å². The summed E-state index contributed by atoms with van der Waals surface area (Å²) >= 11 is 4.98. The molecule has 1 nitrogen and oxygen atoms in total. The van der Waals surface area contributed by atoms with E-state index in [9.17, 15) is 0 Å². The maximum absolute atomic E-state index is 3.51. The number of H-pyrrole nitrogens is 1. The lowest BCUT2D eigenvalue weighted by Crippen LogP contribution is -2.14. The second kappa shape index (κ2) is 3.48. The maximum Gasteiger partial charge on any atom is 0.0970 e. The fraction of sp³-hybridized carbons (Fsp3) is 0.167. The Balaban J connectivity index is 2.28. The molecule has 0 atom stereocenters. The van der Waals surface area contributed by atoms with Crippen LogP contribution in [0.3, 0.4) is 0 Å². The van der Waals surface area contributed by atoms with Crippen molar-refractivity contribution in [2.24, 2.45) is 0 Å². The Bertz CT molecular complexity index is 552. The van der Waals surface area contributed by atoms with Gasteiger partial charge >= 0.3 is 0 Å². The number of hydrogen-bond donors (Lipinski definition) is 1. The zero-order valence-corrected chi connectivity index (χ0v) is 12.2. The third-order valence-corrected chi connectivity index (χ3v) is 4.22. The minimum absolute atomic E-state index is 0.226. The normalized spacial score (nSPS) is 18.0. The van der Waals surface area contributed by atoms with Crippen molar-refractivity contribution < 1.29 is 0 Å². The van der Waals surface area contributed by atoms with Crippen molar-refractivity contribution in [2.75, 3.05) is 0 Å². The zero-order valence-electron chi connectivity index (χ0n) is 7.93. The lowest BCUT2D eigenvalue weighted by atomic mass is 10.0. The van der Waals surface area contributed by atoms with E-state index in [4.69, 9.17) is 0 Å². The van der Waals surface area contributed by atoms with Crippen LogP contribution in [0.25, 0.3) is 17.0 Å². The maximum atomic E-state index is 3.51. The third-order valence-electron chi connectivity index (χ3n) is 2.73. The van der Waals surface area contributed by atoms with Crippen LogP contribution in [-0.2, 0) is 6.42 Å². The zero-order chi connectivity index (χ0) is 10.5. The average molecular weight is 421 g/mol. The molecule has 0 spiro atoms. The number of alkyl halides is 2. The van der Waals surface area contributed by atoms with Crippen molar-refractivity contribution >= 4 is 62.2 Å². The number of rotatable bonds is 0. The second-order valence-electron chi connectivity index (χ2n) is 3.83. The van der Waals surface area contributed by atoms with Gasteiger partial charge in [0.05, 0.1) is 1.43 Å². The average Bonchev–Trinajstić information content (AvgIpc) is 2.52. The number of nitrogens with one attached hydrogen (secondary N) is 1. The van der Waals surface area contributed by atoms with Crippen molar-refractivity contribution in [1.82, 2.24) is 4.98 Å². The number of hydrogen-bond acceptors (Lipinski definition) is 0. The molecule has 15 heavy (non-hydrogen) atoms. The van der Waals surface area contributed by atoms with Gasteiger partial charge in [-0.1, -0.05) is 75.5 Å². The molecule has 0 amide bonds. The van der Waals surface area contributed by atoms with Gasteiger partial charge in [-0.3, -0.25) is 0 Å². The Hall–Kier alpha value is -0.0400. The lowest BCUT2D eigenvalue weighted by molar-refractivity contribution is 0.972. The standard InChI is InChI=1S/C12H9I2N/c13-12(14)6-5-9-8-3-1-2-4-10(8)15-11(9)7-12/h1-6,15H,7H2. The van der Waals surface area contributed by atoms with E-state index in [0.29, 0.717) is 0 Å². The molecule has 1 aliphatic carbocycles. The molecule has 0 unspecified atom stereocenters. The molecule has 1 N–H and O–H groups in total.